The third-order valence-electron chi connectivity index (χ3n) is 2.01. The lowest BCUT2D eigenvalue weighted by atomic mass is 10.1. The van der Waals surface area contributed by atoms with Crippen molar-refractivity contribution >= 4 is 31.9 Å². The van der Waals surface area contributed by atoms with E-state index in [2.05, 4.69) is 37.2 Å². The van der Waals surface area contributed by atoms with Crippen LogP contribution in [0.25, 0.3) is 0 Å². The van der Waals surface area contributed by atoms with Gasteiger partial charge >= 0.3 is 0 Å². The van der Waals surface area contributed by atoms with E-state index in [4.69, 9.17) is 0 Å². The highest BCUT2D eigenvalue weighted by atomic mass is 79.9. The first kappa shape index (κ1) is 13.1. The Balaban J connectivity index is 2.69. The summed E-state index contributed by atoms with van der Waals surface area (Å²) in [7, 11) is 0. The van der Waals surface area contributed by atoms with Gasteiger partial charge in [0.2, 0.25) is 0 Å². The van der Waals surface area contributed by atoms with Crippen LogP contribution < -0.4 is 5.32 Å². The number of hydrogen-bond acceptors (Lipinski definition) is 1. The molecule has 1 atom stereocenters. The van der Waals surface area contributed by atoms with Gasteiger partial charge in [0.1, 0.15) is 0 Å². The van der Waals surface area contributed by atoms with Crippen LogP contribution in [-0.4, -0.2) is 13.0 Å². The Morgan fingerprint density at radius 3 is 2.53 bits per heavy atom. The van der Waals surface area contributed by atoms with Gasteiger partial charge in [0, 0.05) is 15.0 Å². The van der Waals surface area contributed by atoms with E-state index in [1.54, 1.807) is 0 Å². The fraction of sp³-hybridized carbons (Fsp3) is 0.400. The molecule has 0 radical (unpaired) electrons. The summed E-state index contributed by atoms with van der Waals surface area (Å²) in [5, 5.41) is 2.76. The summed E-state index contributed by atoms with van der Waals surface area (Å²) in [4.78, 5) is 0. The molecule has 1 rings (SSSR count). The zero-order valence-electron chi connectivity index (χ0n) is 8.11. The average Bonchev–Trinajstić information content (AvgIpc) is 2.14. The van der Waals surface area contributed by atoms with E-state index in [0.29, 0.717) is 0 Å². The van der Waals surface area contributed by atoms with Crippen molar-refractivity contribution in [3.63, 3.8) is 0 Å². The summed E-state index contributed by atoms with van der Waals surface area (Å²) in [6.45, 7) is 1.57. The molecule has 5 heteroatoms. The smallest absolute Gasteiger partial charge is 0.250 e. The highest BCUT2D eigenvalue weighted by molar-refractivity contribution is 9.11. The third kappa shape index (κ3) is 4.17. The summed E-state index contributed by atoms with van der Waals surface area (Å²) in [6.07, 6.45) is -2.32. The van der Waals surface area contributed by atoms with Gasteiger partial charge in [-0.15, -0.1) is 0 Å². The molecule has 0 aliphatic rings. The highest BCUT2D eigenvalue weighted by Crippen LogP contribution is 2.26. The van der Waals surface area contributed by atoms with Crippen LogP contribution >= 0.6 is 31.9 Å². The molecule has 0 aliphatic carbocycles. The Hall–Kier alpha value is -0.000000000000000111. The fourth-order valence-electron chi connectivity index (χ4n) is 1.23. The van der Waals surface area contributed by atoms with Gasteiger partial charge < -0.3 is 5.32 Å². The minimum atomic E-state index is -2.32. The molecule has 0 fully saturated rings. The molecule has 0 heterocycles. The lowest BCUT2D eigenvalue weighted by molar-refractivity contribution is 0.142. The molecule has 1 aromatic rings. The van der Waals surface area contributed by atoms with Gasteiger partial charge in [0.15, 0.2) is 0 Å². The highest BCUT2D eigenvalue weighted by Gasteiger charge is 2.11. The summed E-state index contributed by atoms with van der Waals surface area (Å²) in [5.41, 5.74) is 0.971. The quantitative estimate of drug-likeness (QED) is 0.867. The van der Waals surface area contributed by atoms with Gasteiger partial charge in [-0.2, -0.15) is 0 Å². The van der Waals surface area contributed by atoms with Crippen LogP contribution in [0, 0.1) is 0 Å². The predicted octanol–water partition coefficient (Wildman–Crippen LogP) is 4.13. The maximum absolute atomic E-state index is 12.0. The van der Waals surface area contributed by atoms with E-state index in [1.165, 1.54) is 0 Å². The van der Waals surface area contributed by atoms with Crippen molar-refractivity contribution in [1.82, 2.24) is 5.32 Å². The van der Waals surface area contributed by atoms with Gasteiger partial charge in [0.25, 0.3) is 6.43 Å². The molecule has 1 unspecified atom stereocenters. The largest absolute Gasteiger partial charge is 0.305 e. The first-order valence-electron chi connectivity index (χ1n) is 4.47. The summed E-state index contributed by atoms with van der Waals surface area (Å²) in [6, 6.07) is 5.59. The monoisotopic (exact) mass is 341 g/mol. The first-order chi connectivity index (χ1) is 7.00. The molecule has 0 aromatic heterocycles. The first-order valence-corrected chi connectivity index (χ1v) is 6.05. The molecule has 15 heavy (non-hydrogen) atoms. The molecule has 1 aromatic carbocycles. The average molecular weight is 343 g/mol. The van der Waals surface area contributed by atoms with E-state index in [1.807, 2.05) is 25.1 Å². The number of alkyl halides is 2. The topological polar surface area (TPSA) is 12.0 Å². The Bertz CT molecular complexity index is 331. The lowest BCUT2D eigenvalue weighted by Gasteiger charge is -2.15. The molecule has 0 spiro atoms. The molecule has 84 valence electrons. The van der Waals surface area contributed by atoms with Gasteiger partial charge in [-0.3, -0.25) is 0 Å². The van der Waals surface area contributed by atoms with Crippen molar-refractivity contribution in [1.29, 1.82) is 0 Å². The third-order valence-corrected chi connectivity index (χ3v) is 3.19. The second kappa shape index (κ2) is 5.92. The molecular formula is C10H11Br2F2N. The molecule has 0 saturated carbocycles. The van der Waals surface area contributed by atoms with Crippen LogP contribution in [0.4, 0.5) is 8.78 Å². The second-order valence-electron chi connectivity index (χ2n) is 3.19. The van der Waals surface area contributed by atoms with Crippen molar-refractivity contribution in [3.05, 3.63) is 32.7 Å². The van der Waals surface area contributed by atoms with Crippen LogP contribution in [0.15, 0.2) is 27.1 Å². The van der Waals surface area contributed by atoms with Crippen LogP contribution in [0.5, 0.6) is 0 Å². The number of benzene rings is 1. The molecule has 0 bridgehead atoms. The van der Waals surface area contributed by atoms with Crippen molar-refractivity contribution < 1.29 is 8.78 Å². The lowest BCUT2D eigenvalue weighted by Crippen LogP contribution is -2.24. The summed E-state index contributed by atoms with van der Waals surface area (Å²) in [5.74, 6) is 0. The van der Waals surface area contributed by atoms with Gasteiger partial charge in [-0.25, -0.2) is 8.78 Å². The van der Waals surface area contributed by atoms with E-state index in [9.17, 15) is 8.78 Å². The van der Waals surface area contributed by atoms with E-state index in [-0.39, 0.29) is 12.6 Å². The van der Waals surface area contributed by atoms with Crippen molar-refractivity contribution in [2.24, 2.45) is 0 Å². The van der Waals surface area contributed by atoms with Crippen LogP contribution in [0.3, 0.4) is 0 Å². The second-order valence-corrected chi connectivity index (χ2v) is 4.96. The SMILES string of the molecule is CC(NCC(F)F)c1ccc(Br)cc1Br. The number of hydrogen-bond donors (Lipinski definition) is 1. The van der Waals surface area contributed by atoms with Crippen LogP contribution in [0.2, 0.25) is 0 Å². The van der Waals surface area contributed by atoms with Gasteiger partial charge in [-0.1, -0.05) is 37.9 Å². The molecule has 1 nitrogen and oxygen atoms in total. The standard InChI is InChI=1S/C10H11Br2F2N/c1-6(15-5-10(13)14)8-3-2-7(11)4-9(8)12/h2-4,6,10,15H,5H2,1H3. The summed E-state index contributed by atoms with van der Waals surface area (Å²) >= 11 is 6.73. The number of nitrogens with one attached hydrogen (secondary N) is 1. The Kier molecular flexibility index (Phi) is 5.15. The predicted molar refractivity (Wildman–Crippen MR) is 64.3 cm³/mol. The maximum Gasteiger partial charge on any atom is 0.250 e. The summed E-state index contributed by atoms with van der Waals surface area (Å²) < 4.78 is 25.9. The van der Waals surface area contributed by atoms with Crippen molar-refractivity contribution in [2.75, 3.05) is 6.54 Å². The molecular weight excluding hydrogens is 332 g/mol. The van der Waals surface area contributed by atoms with E-state index >= 15 is 0 Å². The molecule has 0 aliphatic heterocycles. The zero-order chi connectivity index (χ0) is 11.4. The van der Waals surface area contributed by atoms with Crippen LogP contribution in [-0.2, 0) is 0 Å². The van der Waals surface area contributed by atoms with Gasteiger partial charge in [0.05, 0.1) is 6.54 Å². The molecule has 1 N–H and O–H groups in total. The van der Waals surface area contributed by atoms with Crippen molar-refractivity contribution in [3.8, 4) is 0 Å². The Morgan fingerprint density at radius 2 is 2.00 bits per heavy atom. The fourth-order valence-corrected chi connectivity index (χ4v) is 2.62. The van der Waals surface area contributed by atoms with E-state index < -0.39 is 6.43 Å². The van der Waals surface area contributed by atoms with Crippen LogP contribution in [0.1, 0.15) is 18.5 Å². The Morgan fingerprint density at radius 1 is 1.33 bits per heavy atom. The number of rotatable bonds is 4. The maximum atomic E-state index is 12.0. The normalized spacial score (nSPS) is 13.2. The molecule has 0 saturated heterocycles. The number of halogens is 4. The minimum absolute atomic E-state index is 0.0959. The van der Waals surface area contributed by atoms with Crippen molar-refractivity contribution in [2.45, 2.75) is 19.4 Å². The minimum Gasteiger partial charge on any atom is -0.305 e. The Labute approximate surface area is 105 Å². The zero-order valence-corrected chi connectivity index (χ0v) is 11.3. The van der Waals surface area contributed by atoms with E-state index in [0.717, 1.165) is 14.5 Å². The molecule has 0 amide bonds. The van der Waals surface area contributed by atoms with Gasteiger partial charge in [-0.05, 0) is 24.6 Å².